The van der Waals surface area contributed by atoms with E-state index in [0.717, 1.165) is 18.1 Å². The van der Waals surface area contributed by atoms with Gasteiger partial charge in [-0.3, -0.25) is 4.98 Å². The highest BCUT2D eigenvalue weighted by atomic mass is 32.2. The van der Waals surface area contributed by atoms with E-state index in [9.17, 15) is 22.3 Å². The molecule has 1 N–H and O–H groups in total. The molecule has 1 aliphatic rings. The lowest BCUT2D eigenvalue weighted by Gasteiger charge is -2.29. The summed E-state index contributed by atoms with van der Waals surface area (Å²) in [4.78, 5) is 8.42. The second-order valence-corrected chi connectivity index (χ2v) is 11.1. The highest BCUT2D eigenvalue weighted by Crippen LogP contribution is 2.41. The highest BCUT2D eigenvalue weighted by Gasteiger charge is 2.35. The van der Waals surface area contributed by atoms with Crippen LogP contribution in [0.2, 0.25) is 0 Å². The van der Waals surface area contributed by atoms with Gasteiger partial charge in [-0.15, -0.1) is 5.10 Å². The molecule has 5 rings (SSSR count). The largest absolute Gasteiger partial charge is 0.493 e. The number of rotatable bonds is 4. The quantitative estimate of drug-likeness (QED) is 0.464. The van der Waals surface area contributed by atoms with Gasteiger partial charge >= 0.3 is 0 Å². The van der Waals surface area contributed by atoms with Gasteiger partial charge in [0.25, 0.3) is 0 Å². The van der Waals surface area contributed by atoms with Gasteiger partial charge in [0, 0.05) is 44.5 Å². The fraction of sp³-hybridized carbons (Fsp3) is 0.455. The summed E-state index contributed by atoms with van der Waals surface area (Å²) in [5.41, 5.74) is 3.41. The Hall–Kier alpha value is -3.15. The first-order valence-corrected chi connectivity index (χ1v) is 12.8. The van der Waals surface area contributed by atoms with Crippen LogP contribution in [-0.2, 0) is 23.4 Å². The first-order valence-electron chi connectivity index (χ1n) is 10.9. The zero-order chi connectivity index (χ0) is 24.4. The van der Waals surface area contributed by atoms with Crippen molar-refractivity contribution in [1.29, 1.82) is 0 Å². The molecule has 4 aromatic heterocycles. The molecule has 0 amide bonds. The summed E-state index contributed by atoms with van der Waals surface area (Å²) in [6.07, 6.45) is 4.05. The van der Waals surface area contributed by atoms with Gasteiger partial charge in [0.1, 0.15) is 10.4 Å². The van der Waals surface area contributed by atoms with Crippen LogP contribution in [0.1, 0.15) is 31.4 Å². The molecule has 1 saturated carbocycles. The summed E-state index contributed by atoms with van der Waals surface area (Å²) in [7, 11) is -1.95. The smallest absolute Gasteiger partial charge is 0.248 e. The van der Waals surface area contributed by atoms with Crippen LogP contribution in [0.5, 0.6) is 5.88 Å². The van der Waals surface area contributed by atoms with Crippen LogP contribution in [0.15, 0.2) is 23.4 Å². The molecule has 9 nitrogen and oxygen atoms in total. The van der Waals surface area contributed by atoms with E-state index >= 15 is 0 Å². The van der Waals surface area contributed by atoms with Gasteiger partial charge in [-0.2, -0.15) is 0 Å². The van der Waals surface area contributed by atoms with Crippen LogP contribution >= 0.6 is 0 Å². The SMILES string of the molecule is Cc1nnn(C)c1-c1cnc2c3c(O)ncc(S(C)(=O)=O)c3n(CC3CCC(F)(F)CC3)c2c1. The maximum atomic E-state index is 13.8. The number of sulfone groups is 1. The lowest BCUT2D eigenvalue weighted by Crippen LogP contribution is -2.26. The van der Waals surface area contributed by atoms with Gasteiger partial charge in [-0.25, -0.2) is 26.9 Å². The van der Waals surface area contributed by atoms with Crippen molar-refractivity contribution in [3.05, 3.63) is 24.2 Å². The van der Waals surface area contributed by atoms with Crippen LogP contribution in [0, 0.1) is 12.8 Å². The van der Waals surface area contributed by atoms with E-state index < -0.39 is 15.8 Å². The second kappa shape index (κ2) is 7.69. The maximum absolute atomic E-state index is 13.8. The Morgan fingerprint density at radius 3 is 2.53 bits per heavy atom. The molecule has 34 heavy (non-hydrogen) atoms. The molecule has 1 fully saturated rings. The lowest BCUT2D eigenvalue weighted by molar-refractivity contribution is -0.0471. The van der Waals surface area contributed by atoms with Gasteiger partial charge < -0.3 is 9.67 Å². The molecule has 1 aliphatic carbocycles. The standard InChI is InChI=1S/C22H24F2N6O3S/c1-12-19(29(2)28-27-12)14-8-15-18(25-9-14)17-20(16(34(3,32)33)10-26-21(17)31)30(15)11-13-4-6-22(23,24)7-5-13/h8-10,13H,4-7,11H2,1-3H3,(H,26,31). The topological polar surface area (TPSA) is 116 Å². The van der Waals surface area contributed by atoms with Gasteiger partial charge in [-0.05, 0) is 31.7 Å². The average molecular weight is 491 g/mol. The van der Waals surface area contributed by atoms with Gasteiger partial charge in [0.05, 0.1) is 34.0 Å². The first-order chi connectivity index (χ1) is 16.0. The van der Waals surface area contributed by atoms with Crippen molar-refractivity contribution in [3.63, 3.8) is 0 Å². The van der Waals surface area contributed by atoms with Crippen LogP contribution < -0.4 is 0 Å². The molecule has 4 aromatic rings. The van der Waals surface area contributed by atoms with E-state index in [1.165, 1.54) is 0 Å². The summed E-state index contributed by atoms with van der Waals surface area (Å²) in [6, 6.07) is 1.84. The molecule has 4 heterocycles. The number of halogens is 2. The van der Waals surface area contributed by atoms with Gasteiger partial charge in [0.15, 0.2) is 9.84 Å². The molecule has 0 radical (unpaired) electrons. The zero-order valence-corrected chi connectivity index (χ0v) is 19.8. The van der Waals surface area contributed by atoms with Crippen molar-refractivity contribution in [2.75, 3.05) is 6.26 Å². The molecule has 0 aromatic carbocycles. The molecular weight excluding hydrogens is 466 g/mol. The Morgan fingerprint density at radius 2 is 1.91 bits per heavy atom. The van der Waals surface area contributed by atoms with Crippen LogP contribution in [-0.4, -0.2) is 55.2 Å². The molecule has 12 heteroatoms. The number of aromatic nitrogens is 6. The molecule has 0 saturated heterocycles. The fourth-order valence-electron chi connectivity index (χ4n) is 4.92. The number of aryl methyl sites for hydroxylation is 2. The van der Waals surface area contributed by atoms with Crippen molar-refractivity contribution >= 4 is 31.8 Å². The summed E-state index contributed by atoms with van der Waals surface area (Å²) in [5, 5.41) is 19.0. The Bertz CT molecular complexity index is 1510. The van der Waals surface area contributed by atoms with Crippen molar-refractivity contribution in [3.8, 4) is 17.1 Å². The highest BCUT2D eigenvalue weighted by molar-refractivity contribution is 7.91. The molecule has 0 bridgehead atoms. The third kappa shape index (κ3) is 3.69. The molecule has 0 atom stereocenters. The van der Waals surface area contributed by atoms with E-state index in [1.807, 2.05) is 13.0 Å². The van der Waals surface area contributed by atoms with Crippen LogP contribution in [0.25, 0.3) is 33.2 Å². The van der Waals surface area contributed by atoms with Gasteiger partial charge in [0.2, 0.25) is 11.8 Å². The molecular formula is C22H24F2N6O3S. The molecule has 0 aliphatic heterocycles. The van der Waals surface area contributed by atoms with E-state index in [4.69, 9.17) is 0 Å². The fourth-order valence-corrected chi connectivity index (χ4v) is 5.73. The van der Waals surface area contributed by atoms with E-state index in [0.29, 0.717) is 41.7 Å². The van der Waals surface area contributed by atoms with Crippen molar-refractivity contribution in [2.45, 2.75) is 50.0 Å². The van der Waals surface area contributed by atoms with Crippen LogP contribution in [0.3, 0.4) is 0 Å². The Balaban J connectivity index is 1.79. The maximum Gasteiger partial charge on any atom is 0.248 e. The first kappa shape index (κ1) is 22.6. The van der Waals surface area contributed by atoms with E-state index in [2.05, 4.69) is 20.3 Å². The number of fused-ring (bicyclic) bond motifs is 3. The minimum Gasteiger partial charge on any atom is -0.493 e. The Morgan fingerprint density at radius 1 is 1.21 bits per heavy atom. The molecule has 0 spiro atoms. The van der Waals surface area contributed by atoms with Crippen LogP contribution in [0.4, 0.5) is 8.78 Å². The summed E-state index contributed by atoms with van der Waals surface area (Å²) < 4.78 is 56.2. The summed E-state index contributed by atoms with van der Waals surface area (Å²) >= 11 is 0. The number of hydrogen-bond acceptors (Lipinski definition) is 7. The normalized spacial score (nSPS) is 17.1. The van der Waals surface area contributed by atoms with Crippen molar-refractivity contribution in [2.24, 2.45) is 13.0 Å². The number of alkyl halides is 2. The Labute approximate surface area is 194 Å². The number of hydrogen-bond donors (Lipinski definition) is 1. The average Bonchev–Trinajstić information content (AvgIpc) is 3.26. The second-order valence-electron chi connectivity index (χ2n) is 9.09. The predicted octanol–water partition coefficient (Wildman–Crippen LogP) is 3.62. The number of pyridine rings is 2. The lowest BCUT2D eigenvalue weighted by atomic mass is 9.86. The summed E-state index contributed by atoms with van der Waals surface area (Å²) in [5.74, 6) is -3.08. The van der Waals surface area contributed by atoms with Crippen molar-refractivity contribution < 1.29 is 22.3 Å². The summed E-state index contributed by atoms with van der Waals surface area (Å²) in [6.45, 7) is 2.14. The van der Waals surface area contributed by atoms with Gasteiger partial charge in [-0.1, -0.05) is 5.21 Å². The van der Waals surface area contributed by atoms with E-state index in [-0.39, 0.29) is 40.4 Å². The van der Waals surface area contributed by atoms with E-state index in [1.54, 1.807) is 22.5 Å². The monoisotopic (exact) mass is 490 g/mol. The van der Waals surface area contributed by atoms with Crippen molar-refractivity contribution in [1.82, 2.24) is 29.5 Å². The minimum absolute atomic E-state index is 0.0423. The predicted molar refractivity (Wildman–Crippen MR) is 121 cm³/mol. The third-order valence-electron chi connectivity index (χ3n) is 6.61. The Kier molecular flexibility index (Phi) is 5.12. The number of nitrogens with zero attached hydrogens (tertiary/aromatic N) is 6. The third-order valence-corrected chi connectivity index (χ3v) is 7.71. The number of aromatic hydroxyl groups is 1. The zero-order valence-electron chi connectivity index (χ0n) is 19.0. The molecule has 0 unspecified atom stereocenters. The molecule has 180 valence electrons. The minimum atomic E-state index is -3.71.